The van der Waals surface area contributed by atoms with Gasteiger partial charge in [0, 0.05) is 24.5 Å². The first-order chi connectivity index (χ1) is 13.1. The smallest absolute Gasteiger partial charge is 0.231 e. The molecule has 0 aliphatic carbocycles. The van der Waals surface area contributed by atoms with Gasteiger partial charge in [-0.25, -0.2) is 0 Å². The van der Waals surface area contributed by atoms with Gasteiger partial charge in [0.15, 0.2) is 11.5 Å². The second-order valence-corrected chi connectivity index (χ2v) is 6.76. The summed E-state index contributed by atoms with van der Waals surface area (Å²) in [6, 6.07) is 9.59. The number of ether oxygens (including phenoxy) is 4. The van der Waals surface area contributed by atoms with Gasteiger partial charge in [0.25, 0.3) is 0 Å². The number of aryl methyl sites for hydroxylation is 1. The fraction of sp³-hybridized carbons (Fsp3) is 0.381. The third-order valence-electron chi connectivity index (χ3n) is 4.65. The summed E-state index contributed by atoms with van der Waals surface area (Å²) in [4.78, 5) is 12.5. The number of amides is 1. The van der Waals surface area contributed by atoms with Gasteiger partial charge in [0.1, 0.15) is 17.6 Å². The van der Waals surface area contributed by atoms with E-state index < -0.39 is 0 Å². The zero-order valence-corrected chi connectivity index (χ0v) is 15.5. The molecule has 2 aromatic carbocycles. The maximum Gasteiger partial charge on any atom is 0.231 e. The Morgan fingerprint density at radius 3 is 2.89 bits per heavy atom. The number of rotatable bonds is 6. The Bertz CT molecular complexity index is 864. The Balaban J connectivity index is 1.42. The highest BCUT2D eigenvalue weighted by molar-refractivity contribution is 5.93. The standard InChI is InChI=1S/C21H23NO5/c1-3-24-19-10-15-8-13(2)27-18(15)11-16(19)22-21(23)7-5-14-4-6-17-20(9-14)26-12-25-17/h4,6,9-11,13H,3,5,7-8,12H2,1-2H3,(H,22,23). The molecule has 6 heteroatoms. The lowest BCUT2D eigenvalue weighted by atomic mass is 10.1. The first kappa shape index (κ1) is 17.5. The maximum atomic E-state index is 12.5. The zero-order valence-electron chi connectivity index (χ0n) is 15.5. The quantitative estimate of drug-likeness (QED) is 0.841. The summed E-state index contributed by atoms with van der Waals surface area (Å²) in [7, 11) is 0. The van der Waals surface area contributed by atoms with Crippen LogP contribution in [0.25, 0.3) is 0 Å². The predicted molar refractivity (Wildman–Crippen MR) is 101 cm³/mol. The van der Waals surface area contributed by atoms with E-state index in [0.29, 0.717) is 30.9 Å². The van der Waals surface area contributed by atoms with E-state index in [4.69, 9.17) is 18.9 Å². The molecule has 1 unspecified atom stereocenters. The molecule has 4 rings (SSSR count). The molecule has 2 aliphatic rings. The summed E-state index contributed by atoms with van der Waals surface area (Å²) in [5.74, 6) is 2.91. The summed E-state index contributed by atoms with van der Waals surface area (Å²) in [6.07, 6.45) is 1.98. The van der Waals surface area contributed by atoms with Gasteiger partial charge in [-0.1, -0.05) is 6.07 Å². The summed E-state index contributed by atoms with van der Waals surface area (Å²) in [5.41, 5.74) is 2.80. The molecule has 2 aromatic rings. The number of hydrogen-bond donors (Lipinski definition) is 1. The monoisotopic (exact) mass is 369 g/mol. The Morgan fingerprint density at radius 1 is 1.19 bits per heavy atom. The van der Waals surface area contributed by atoms with Crippen molar-refractivity contribution in [2.45, 2.75) is 39.2 Å². The van der Waals surface area contributed by atoms with E-state index in [2.05, 4.69) is 5.32 Å². The van der Waals surface area contributed by atoms with E-state index >= 15 is 0 Å². The predicted octanol–water partition coefficient (Wildman–Crippen LogP) is 3.71. The molecular weight excluding hydrogens is 346 g/mol. The molecule has 0 aromatic heterocycles. The molecule has 0 fully saturated rings. The molecule has 1 N–H and O–H groups in total. The molecule has 2 aliphatic heterocycles. The molecule has 0 bridgehead atoms. The summed E-state index contributed by atoms with van der Waals surface area (Å²) in [6.45, 7) is 4.75. The van der Waals surface area contributed by atoms with Crippen LogP contribution >= 0.6 is 0 Å². The van der Waals surface area contributed by atoms with Gasteiger partial charge < -0.3 is 24.3 Å². The van der Waals surface area contributed by atoms with Crippen molar-refractivity contribution in [3.63, 3.8) is 0 Å². The lowest BCUT2D eigenvalue weighted by molar-refractivity contribution is -0.116. The van der Waals surface area contributed by atoms with Gasteiger partial charge in [0.2, 0.25) is 12.7 Å². The third-order valence-corrected chi connectivity index (χ3v) is 4.65. The largest absolute Gasteiger partial charge is 0.492 e. The number of benzene rings is 2. The molecule has 0 saturated heterocycles. The minimum absolute atomic E-state index is 0.0698. The molecule has 0 saturated carbocycles. The van der Waals surface area contributed by atoms with Crippen LogP contribution in [0.4, 0.5) is 5.69 Å². The van der Waals surface area contributed by atoms with E-state index in [9.17, 15) is 4.79 Å². The minimum Gasteiger partial charge on any atom is -0.492 e. The zero-order chi connectivity index (χ0) is 18.8. The van der Waals surface area contributed by atoms with Crippen LogP contribution in [-0.4, -0.2) is 25.4 Å². The van der Waals surface area contributed by atoms with Crippen LogP contribution in [0.3, 0.4) is 0 Å². The van der Waals surface area contributed by atoms with Crippen molar-refractivity contribution in [1.29, 1.82) is 0 Å². The van der Waals surface area contributed by atoms with Gasteiger partial charge in [-0.05, 0) is 44.0 Å². The Morgan fingerprint density at radius 2 is 2.04 bits per heavy atom. The van der Waals surface area contributed by atoms with Crippen LogP contribution in [0, 0.1) is 0 Å². The van der Waals surface area contributed by atoms with E-state index in [1.165, 1.54) is 0 Å². The molecule has 6 nitrogen and oxygen atoms in total. The van der Waals surface area contributed by atoms with Gasteiger partial charge in [-0.15, -0.1) is 0 Å². The van der Waals surface area contributed by atoms with Gasteiger partial charge in [0.05, 0.1) is 12.3 Å². The first-order valence-electron chi connectivity index (χ1n) is 9.27. The van der Waals surface area contributed by atoms with E-state index in [1.54, 1.807) is 0 Å². The fourth-order valence-corrected chi connectivity index (χ4v) is 3.38. The van der Waals surface area contributed by atoms with Gasteiger partial charge in [-0.2, -0.15) is 0 Å². The van der Waals surface area contributed by atoms with Crippen molar-refractivity contribution in [3.8, 4) is 23.0 Å². The average molecular weight is 369 g/mol. The molecule has 27 heavy (non-hydrogen) atoms. The summed E-state index contributed by atoms with van der Waals surface area (Å²) >= 11 is 0. The number of fused-ring (bicyclic) bond motifs is 2. The molecule has 1 atom stereocenters. The van der Waals surface area contributed by atoms with Crippen molar-refractivity contribution in [1.82, 2.24) is 0 Å². The third kappa shape index (κ3) is 3.79. The number of nitrogens with one attached hydrogen (secondary N) is 1. The summed E-state index contributed by atoms with van der Waals surface area (Å²) < 4.78 is 22.2. The molecule has 0 spiro atoms. The Hall–Kier alpha value is -2.89. The van der Waals surface area contributed by atoms with E-state index in [-0.39, 0.29) is 18.8 Å². The molecule has 1 amide bonds. The Labute approximate surface area is 158 Å². The van der Waals surface area contributed by atoms with Crippen LogP contribution in [0.15, 0.2) is 30.3 Å². The van der Waals surface area contributed by atoms with Crippen LogP contribution in [-0.2, 0) is 17.6 Å². The number of anilines is 1. The second kappa shape index (κ2) is 7.39. The maximum absolute atomic E-state index is 12.5. The second-order valence-electron chi connectivity index (χ2n) is 6.76. The molecule has 2 heterocycles. The lowest BCUT2D eigenvalue weighted by Crippen LogP contribution is -2.13. The topological polar surface area (TPSA) is 66.0 Å². The highest BCUT2D eigenvalue weighted by Crippen LogP contribution is 2.38. The van der Waals surface area contributed by atoms with Crippen molar-refractivity contribution in [2.24, 2.45) is 0 Å². The normalized spacial score (nSPS) is 16.6. The fourth-order valence-electron chi connectivity index (χ4n) is 3.38. The number of carbonyl (C=O) groups is 1. The van der Waals surface area contributed by atoms with Crippen molar-refractivity contribution in [3.05, 3.63) is 41.5 Å². The minimum atomic E-state index is -0.0698. The van der Waals surface area contributed by atoms with Gasteiger partial charge >= 0.3 is 0 Å². The van der Waals surface area contributed by atoms with Gasteiger partial charge in [-0.3, -0.25) is 4.79 Å². The van der Waals surface area contributed by atoms with Crippen molar-refractivity contribution < 1.29 is 23.7 Å². The summed E-state index contributed by atoms with van der Waals surface area (Å²) in [5, 5.41) is 2.96. The van der Waals surface area contributed by atoms with Crippen molar-refractivity contribution in [2.75, 3.05) is 18.7 Å². The van der Waals surface area contributed by atoms with E-state index in [0.717, 1.165) is 34.8 Å². The van der Waals surface area contributed by atoms with Crippen LogP contribution in [0.1, 0.15) is 31.4 Å². The van der Waals surface area contributed by atoms with Crippen LogP contribution < -0.4 is 24.3 Å². The van der Waals surface area contributed by atoms with Crippen LogP contribution in [0.2, 0.25) is 0 Å². The SMILES string of the molecule is CCOc1cc2c(cc1NC(=O)CCc1ccc3c(c1)OCO3)OC(C)C2. The lowest BCUT2D eigenvalue weighted by Gasteiger charge is -2.13. The molecule has 0 radical (unpaired) electrons. The van der Waals surface area contributed by atoms with Crippen LogP contribution in [0.5, 0.6) is 23.0 Å². The highest BCUT2D eigenvalue weighted by Gasteiger charge is 2.22. The van der Waals surface area contributed by atoms with Crippen molar-refractivity contribution >= 4 is 11.6 Å². The first-order valence-corrected chi connectivity index (χ1v) is 9.27. The average Bonchev–Trinajstić information content (AvgIpc) is 3.25. The Kier molecular flexibility index (Phi) is 4.79. The molecule has 142 valence electrons. The van der Waals surface area contributed by atoms with E-state index in [1.807, 2.05) is 44.2 Å². The molecular formula is C21H23NO5. The highest BCUT2D eigenvalue weighted by atomic mass is 16.7. The number of carbonyl (C=O) groups excluding carboxylic acids is 1. The number of hydrogen-bond acceptors (Lipinski definition) is 5.